The van der Waals surface area contributed by atoms with E-state index in [0.717, 1.165) is 36.8 Å². The molecule has 0 saturated carbocycles. The van der Waals surface area contributed by atoms with Crippen LogP contribution in [0.5, 0.6) is 5.75 Å². The molecule has 0 radical (unpaired) electrons. The molecule has 0 unspecified atom stereocenters. The first-order valence-corrected chi connectivity index (χ1v) is 6.41. The molecule has 2 nitrogen and oxygen atoms in total. The zero-order valence-electron chi connectivity index (χ0n) is 9.26. The Labute approximate surface area is 101 Å². The topological polar surface area (TPSA) is 21.3 Å². The third kappa shape index (κ3) is 1.80. The summed E-state index contributed by atoms with van der Waals surface area (Å²) in [5, 5.41) is 4.29. The molecule has 0 spiro atoms. The van der Waals surface area contributed by atoms with Crippen molar-refractivity contribution >= 4 is 11.6 Å². The Morgan fingerprint density at radius 3 is 3.06 bits per heavy atom. The average molecular weight is 238 g/mol. The van der Waals surface area contributed by atoms with E-state index in [1.165, 1.54) is 24.0 Å². The Hall–Kier alpha value is -0.730. The minimum Gasteiger partial charge on any atom is -0.492 e. The molecular formula is C13H16ClNO. The van der Waals surface area contributed by atoms with Crippen LogP contribution in [0.2, 0.25) is 5.02 Å². The fourth-order valence-corrected chi connectivity index (χ4v) is 2.93. The minimum atomic E-state index is 0.490. The Bertz CT molecular complexity index is 399. The lowest BCUT2D eigenvalue weighted by Gasteiger charge is -2.21. The maximum atomic E-state index is 6.27. The number of nitrogens with one attached hydrogen (secondary N) is 1. The summed E-state index contributed by atoms with van der Waals surface area (Å²) in [7, 11) is 0. The van der Waals surface area contributed by atoms with E-state index in [-0.39, 0.29) is 0 Å². The quantitative estimate of drug-likeness (QED) is 0.811. The molecule has 0 amide bonds. The number of hydrogen-bond donors (Lipinski definition) is 1. The molecule has 16 heavy (non-hydrogen) atoms. The van der Waals surface area contributed by atoms with Gasteiger partial charge in [-0.25, -0.2) is 0 Å². The van der Waals surface area contributed by atoms with Gasteiger partial charge in [-0.3, -0.25) is 0 Å². The van der Waals surface area contributed by atoms with E-state index in [1.54, 1.807) is 0 Å². The van der Waals surface area contributed by atoms with Gasteiger partial charge in [-0.05, 0) is 49.4 Å². The van der Waals surface area contributed by atoms with Crippen molar-refractivity contribution in [1.29, 1.82) is 0 Å². The zero-order chi connectivity index (χ0) is 11.0. The van der Waals surface area contributed by atoms with Crippen LogP contribution in [0.1, 0.15) is 36.4 Å². The van der Waals surface area contributed by atoms with Gasteiger partial charge in [-0.1, -0.05) is 17.7 Å². The summed E-state index contributed by atoms with van der Waals surface area (Å²) in [6, 6.07) is 4.82. The zero-order valence-corrected chi connectivity index (χ0v) is 10.0. The molecule has 2 aliphatic rings. The number of rotatable bonds is 1. The molecule has 1 N–H and O–H groups in total. The van der Waals surface area contributed by atoms with Crippen LogP contribution in [-0.2, 0) is 6.42 Å². The lowest BCUT2D eigenvalue weighted by Crippen LogP contribution is -2.15. The predicted octanol–water partition coefficient (Wildman–Crippen LogP) is 3.09. The van der Waals surface area contributed by atoms with Crippen LogP contribution in [0.4, 0.5) is 0 Å². The third-order valence-electron chi connectivity index (χ3n) is 3.44. The molecule has 0 aromatic heterocycles. The molecule has 1 fully saturated rings. The van der Waals surface area contributed by atoms with Crippen LogP contribution in [0.15, 0.2) is 12.1 Å². The lowest BCUT2D eigenvalue weighted by molar-refractivity contribution is 0.288. The monoisotopic (exact) mass is 237 g/mol. The fraction of sp³-hybridized carbons (Fsp3) is 0.538. The Kier molecular flexibility index (Phi) is 2.78. The maximum absolute atomic E-state index is 6.27. The fourth-order valence-electron chi connectivity index (χ4n) is 2.63. The molecule has 1 aromatic carbocycles. The van der Waals surface area contributed by atoms with Crippen LogP contribution in [-0.4, -0.2) is 13.2 Å². The highest BCUT2D eigenvalue weighted by Gasteiger charge is 2.21. The molecule has 0 aliphatic carbocycles. The number of ether oxygens (including phenoxy) is 1. The molecular weight excluding hydrogens is 222 g/mol. The van der Waals surface area contributed by atoms with Gasteiger partial charge in [0.2, 0.25) is 0 Å². The van der Waals surface area contributed by atoms with Crippen molar-refractivity contribution in [2.24, 2.45) is 0 Å². The van der Waals surface area contributed by atoms with Crippen molar-refractivity contribution in [3.05, 3.63) is 28.3 Å². The van der Waals surface area contributed by atoms with Crippen molar-refractivity contribution in [2.45, 2.75) is 31.7 Å². The maximum Gasteiger partial charge on any atom is 0.141 e. The van der Waals surface area contributed by atoms with E-state index >= 15 is 0 Å². The van der Waals surface area contributed by atoms with Crippen LogP contribution >= 0.6 is 11.6 Å². The Morgan fingerprint density at radius 1 is 1.31 bits per heavy atom. The summed E-state index contributed by atoms with van der Waals surface area (Å²) in [5.74, 6) is 0.912. The van der Waals surface area contributed by atoms with Crippen molar-refractivity contribution in [1.82, 2.24) is 5.32 Å². The van der Waals surface area contributed by atoms with Gasteiger partial charge in [0.25, 0.3) is 0 Å². The summed E-state index contributed by atoms with van der Waals surface area (Å²) in [5.41, 5.74) is 2.61. The summed E-state index contributed by atoms with van der Waals surface area (Å²) in [4.78, 5) is 0. The number of hydrogen-bond acceptors (Lipinski definition) is 2. The molecule has 1 saturated heterocycles. The highest BCUT2D eigenvalue weighted by atomic mass is 35.5. The second kappa shape index (κ2) is 4.27. The molecule has 2 aliphatic heterocycles. The van der Waals surface area contributed by atoms with Gasteiger partial charge in [0, 0.05) is 6.04 Å². The molecule has 1 aromatic rings. The number of fused-ring (bicyclic) bond motifs is 1. The van der Waals surface area contributed by atoms with E-state index in [9.17, 15) is 0 Å². The smallest absolute Gasteiger partial charge is 0.141 e. The summed E-state index contributed by atoms with van der Waals surface area (Å²) in [6.07, 6.45) is 4.67. The largest absolute Gasteiger partial charge is 0.492 e. The van der Waals surface area contributed by atoms with Crippen LogP contribution in [0.25, 0.3) is 0 Å². The van der Waals surface area contributed by atoms with Crippen LogP contribution in [0.3, 0.4) is 0 Å². The number of benzene rings is 1. The van der Waals surface area contributed by atoms with Crippen molar-refractivity contribution in [3.8, 4) is 5.75 Å². The van der Waals surface area contributed by atoms with Gasteiger partial charge in [-0.15, -0.1) is 0 Å². The third-order valence-corrected chi connectivity index (χ3v) is 3.72. The van der Waals surface area contributed by atoms with Gasteiger partial charge < -0.3 is 10.1 Å². The SMILES string of the molecule is Clc1cc([C@@H]2CCCN2)cc2c1OCCC2. The van der Waals surface area contributed by atoms with Crippen LogP contribution in [0, 0.1) is 0 Å². The minimum absolute atomic E-state index is 0.490. The van der Waals surface area contributed by atoms with Gasteiger partial charge in [0.15, 0.2) is 0 Å². The highest BCUT2D eigenvalue weighted by molar-refractivity contribution is 6.32. The first-order valence-electron chi connectivity index (χ1n) is 6.03. The lowest BCUT2D eigenvalue weighted by atomic mass is 9.98. The highest BCUT2D eigenvalue weighted by Crippen LogP contribution is 2.36. The first-order chi connectivity index (χ1) is 7.84. The van der Waals surface area contributed by atoms with Gasteiger partial charge in [0.1, 0.15) is 5.75 Å². The van der Waals surface area contributed by atoms with E-state index in [2.05, 4.69) is 17.4 Å². The first kappa shape index (κ1) is 10.4. The van der Waals surface area contributed by atoms with Crippen molar-refractivity contribution in [2.75, 3.05) is 13.2 Å². The average Bonchev–Trinajstić information content (AvgIpc) is 2.82. The van der Waals surface area contributed by atoms with E-state index in [4.69, 9.17) is 16.3 Å². The van der Waals surface area contributed by atoms with Gasteiger partial charge in [-0.2, -0.15) is 0 Å². The Balaban J connectivity index is 1.97. The molecule has 3 rings (SSSR count). The molecule has 1 atom stereocenters. The van der Waals surface area contributed by atoms with E-state index < -0.39 is 0 Å². The van der Waals surface area contributed by atoms with Crippen molar-refractivity contribution < 1.29 is 4.74 Å². The molecule has 0 bridgehead atoms. The van der Waals surface area contributed by atoms with Crippen LogP contribution < -0.4 is 10.1 Å². The second-order valence-corrected chi connectivity index (χ2v) is 5.00. The summed E-state index contributed by atoms with van der Waals surface area (Å²) < 4.78 is 5.62. The summed E-state index contributed by atoms with van der Waals surface area (Å²) >= 11 is 6.27. The van der Waals surface area contributed by atoms with E-state index in [0.29, 0.717) is 6.04 Å². The number of aryl methyl sites for hydroxylation is 1. The molecule has 3 heteroatoms. The normalized spacial score (nSPS) is 23.9. The van der Waals surface area contributed by atoms with Crippen molar-refractivity contribution in [3.63, 3.8) is 0 Å². The summed E-state index contributed by atoms with van der Waals surface area (Å²) in [6.45, 7) is 1.92. The molecule has 86 valence electrons. The van der Waals surface area contributed by atoms with Gasteiger partial charge >= 0.3 is 0 Å². The van der Waals surface area contributed by atoms with E-state index in [1.807, 2.05) is 0 Å². The Morgan fingerprint density at radius 2 is 2.25 bits per heavy atom. The number of halogens is 1. The molecule has 2 heterocycles. The standard InChI is InChI=1S/C13H16ClNO/c14-11-8-10(12-4-1-5-15-12)7-9-3-2-6-16-13(9)11/h7-8,12,15H,1-6H2/t12-/m0/s1. The second-order valence-electron chi connectivity index (χ2n) is 4.59. The van der Waals surface area contributed by atoms with Gasteiger partial charge in [0.05, 0.1) is 11.6 Å². The predicted molar refractivity (Wildman–Crippen MR) is 65.2 cm³/mol.